The third kappa shape index (κ3) is 9.54. The average Bonchev–Trinajstić information content (AvgIpc) is 4.17. The van der Waals surface area contributed by atoms with Gasteiger partial charge in [-0.25, -0.2) is 27.0 Å². The summed E-state index contributed by atoms with van der Waals surface area (Å²) in [5.74, 6) is -3.21. The van der Waals surface area contributed by atoms with Gasteiger partial charge in [0.15, 0.2) is 5.11 Å². The van der Waals surface area contributed by atoms with E-state index >= 15 is 0 Å². The minimum Gasteiger partial charge on any atom is -0.494 e. The second-order valence-electron chi connectivity index (χ2n) is 17.1. The van der Waals surface area contributed by atoms with Crippen LogP contribution in [0.1, 0.15) is 62.0 Å². The standard InChI is InChI=1S/C45H47ClF2N6O9S2/c1-23(2)38(50-43(64)51-44(58)62-22-34-30-10-6-4-8-28(30)29-9-5-7-11-31(29)34)41(56)54-21-26(63-40-33-17-25(46)12-15-32(33)36(61-3)20-49-40)18-35(54)39(55)52-45(19-24(45)16-37(47)48)42(57)53-65(59,60)27-13-14-27/h4-12,15,17,20,24,26-28,30,34-35,37-38H,1,13-14,16,18-19,21-22H2,2-3H3,(H,52,55)(H,53,57)(H2,50,51,58,64)/t24-,26-,28?,30?,34?,35?,38+,45-/m1/s1. The van der Waals surface area contributed by atoms with E-state index in [0.717, 1.165) is 11.1 Å². The molecule has 2 saturated carbocycles. The molecular formula is C45H47ClF2N6O9S2. The Morgan fingerprint density at radius 2 is 1.82 bits per heavy atom. The Morgan fingerprint density at radius 1 is 1.08 bits per heavy atom. The van der Waals surface area contributed by atoms with Gasteiger partial charge in [0.2, 0.25) is 34.1 Å². The lowest BCUT2D eigenvalue weighted by Gasteiger charge is -2.30. The lowest BCUT2D eigenvalue weighted by atomic mass is 9.84. The first-order chi connectivity index (χ1) is 31.0. The summed E-state index contributed by atoms with van der Waals surface area (Å²) in [4.78, 5) is 61.4. The Kier molecular flexibility index (Phi) is 12.9. The minimum absolute atomic E-state index is 0.0500. The molecule has 344 valence electrons. The lowest BCUT2D eigenvalue weighted by molar-refractivity contribution is -0.140. The van der Waals surface area contributed by atoms with Gasteiger partial charge < -0.3 is 29.7 Å². The number of carbonyl (C=O) groups excluding carboxylic acids is 4. The van der Waals surface area contributed by atoms with Gasteiger partial charge in [-0.3, -0.25) is 24.4 Å². The van der Waals surface area contributed by atoms with Crippen molar-refractivity contribution in [3.8, 4) is 11.6 Å². The molecule has 8 rings (SSSR count). The molecule has 4 amide bonds. The van der Waals surface area contributed by atoms with Crippen molar-refractivity contribution < 1.29 is 50.6 Å². The molecule has 3 aromatic rings. The quantitative estimate of drug-likeness (QED) is 0.110. The molecule has 65 heavy (non-hydrogen) atoms. The number of pyridine rings is 1. The van der Waals surface area contributed by atoms with Crippen molar-refractivity contribution in [2.45, 2.75) is 86.3 Å². The molecule has 15 nitrogen and oxygen atoms in total. The fraction of sp³-hybridized carbons (Fsp3) is 0.422. The van der Waals surface area contributed by atoms with Gasteiger partial charge in [0.25, 0.3) is 5.91 Å². The van der Waals surface area contributed by atoms with Gasteiger partial charge in [0.05, 0.1) is 25.1 Å². The molecule has 0 bridgehead atoms. The van der Waals surface area contributed by atoms with Crippen LogP contribution in [0.15, 0.2) is 85.1 Å². The topological polar surface area (TPSA) is 194 Å². The van der Waals surface area contributed by atoms with Crippen LogP contribution in [-0.2, 0) is 29.1 Å². The summed E-state index contributed by atoms with van der Waals surface area (Å²) < 4.78 is 72.5. The molecule has 20 heteroatoms. The first kappa shape index (κ1) is 45.9. The summed E-state index contributed by atoms with van der Waals surface area (Å²) in [6.07, 6.45) is 4.42. The predicted molar refractivity (Wildman–Crippen MR) is 240 cm³/mol. The van der Waals surface area contributed by atoms with Crippen molar-refractivity contribution in [3.05, 3.63) is 101 Å². The van der Waals surface area contributed by atoms with E-state index in [2.05, 4.69) is 45.7 Å². The summed E-state index contributed by atoms with van der Waals surface area (Å²) in [5.41, 5.74) is 0.487. The van der Waals surface area contributed by atoms with Crippen LogP contribution >= 0.6 is 23.8 Å². The third-order valence-electron chi connectivity index (χ3n) is 12.7. The van der Waals surface area contributed by atoms with Crippen LogP contribution in [-0.4, -0.2) is 103 Å². The fourth-order valence-corrected chi connectivity index (χ4v) is 10.9. The van der Waals surface area contributed by atoms with Crippen LogP contribution in [0.25, 0.3) is 10.8 Å². The van der Waals surface area contributed by atoms with Crippen LogP contribution < -0.4 is 30.1 Å². The maximum Gasteiger partial charge on any atom is 0.413 e. The Hall–Kier alpha value is -5.66. The van der Waals surface area contributed by atoms with Crippen LogP contribution in [0.2, 0.25) is 5.02 Å². The van der Waals surface area contributed by atoms with Crippen LogP contribution in [0.5, 0.6) is 11.6 Å². The molecule has 1 saturated heterocycles. The molecule has 1 aliphatic heterocycles. The van der Waals surface area contributed by atoms with Gasteiger partial charge in [-0.2, -0.15) is 0 Å². The second-order valence-corrected chi connectivity index (χ2v) is 19.9. The maximum atomic E-state index is 14.7. The Labute approximate surface area is 384 Å². The number of methoxy groups -OCH3 is 1. The maximum absolute atomic E-state index is 14.7. The number of sulfonamides is 1. The minimum atomic E-state index is -4.12. The Balaban J connectivity index is 1.01. The molecule has 2 aromatic carbocycles. The van der Waals surface area contributed by atoms with E-state index < -0.39 is 81.6 Å². The van der Waals surface area contributed by atoms with Gasteiger partial charge in [-0.05, 0) is 85.1 Å². The smallest absolute Gasteiger partial charge is 0.413 e. The molecular weight excluding hydrogens is 906 g/mol. The monoisotopic (exact) mass is 952 g/mol. The van der Waals surface area contributed by atoms with E-state index in [-0.39, 0.29) is 60.3 Å². The number of allylic oxidation sites excluding steroid dienone is 4. The summed E-state index contributed by atoms with van der Waals surface area (Å²) in [6.45, 7) is 5.31. The van der Waals surface area contributed by atoms with E-state index in [1.165, 1.54) is 25.1 Å². The molecule has 3 fully saturated rings. The number of halogens is 3. The number of likely N-dealkylation sites (tertiary alicyclic amines) is 1. The van der Waals surface area contributed by atoms with Crippen molar-refractivity contribution in [3.63, 3.8) is 0 Å². The van der Waals surface area contributed by atoms with E-state index in [0.29, 0.717) is 34.4 Å². The van der Waals surface area contributed by atoms with E-state index in [4.69, 9.17) is 38.0 Å². The number of hydrogen-bond donors (Lipinski definition) is 4. The molecule has 4 N–H and O–H groups in total. The first-order valence-electron chi connectivity index (χ1n) is 21.1. The highest BCUT2D eigenvalue weighted by atomic mass is 35.5. The second kappa shape index (κ2) is 18.3. The lowest BCUT2D eigenvalue weighted by Crippen LogP contribution is -2.59. The SMILES string of the molecule is C=C(C)[C@H](NC(=S)NC(=O)OCC1c2ccccc2C2C=CC=CC21)C(=O)N1C[C@H](Oc2ncc(OC)c3ccc(Cl)cc23)CC1C(=O)N[C@]1(C(=O)NS(=O)(=O)C2CC2)C[C@H]1CC(F)F. The number of nitrogens with one attached hydrogen (secondary N) is 4. The zero-order valence-corrected chi connectivity index (χ0v) is 37.7. The van der Waals surface area contributed by atoms with Gasteiger partial charge in [0.1, 0.15) is 36.1 Å². The normalized spacial score (nSPS) is 25.5. The number of thiocarbonyl (C=S) groups is 1. The van der Waals surface area contributed by atoms with Crippen molar-refractivity contribution in [1.29, 1.82) is 0 Å². The summed E-state index contributed by atoms with van der Waals surface area (Å²) in [5, 5.41) is 8.21. The van der Waals surface area contributed by atoms with E-state index in [9.17, 15) is 36.4 Å². The predicted octanol–water partition coefficient (Wildman–Crippen LogP) is 5.55. The van der Waals surface area contributed by atoms with Crippen molar-refractivity contribution in [1.82, 2.24) is 30.6 Å². The third-order valence-corrected chi connectivity index (χ3v) is 14.9. The molecule has 8 atom stereocenters. The molecule has 5 aliphatic rings. The van der Waals surface area contributed by atoms with Crippen LogP contribution in [0.3, 0.4) is 0 Å². The summed E-state index contributed by atoms with van der Waals surface area (Å²) in [6, 6.07) is 10.3. The zero-order chi connectivity index (χ0) is 46.4. The summed E-state index contributed by atoms with van der Waals surface area (Å²) >= 11 is 11.8. The fourth-order valence-electron chi connectivity index (χ4n) is 9.16. The molecule has 4 aliphatic carbocycles. The number of carbonyl (C=O) groups is 4. The molecule has 0 spiro atoms. The highest BCUT2D eigenvalue weighted by molar-refractivity contribution is 7.91. The Morgan fingerprint density at radius 3 is 2.52 bits per heavy atom. The molecule has 4 unspecified atom stereocenters. The number of alkyl carbamates (subject to hydrolysis) is 1. The number of alkyl halides is 2. The summed E-state index contributed by atoms with van der Waals surface area (Å²) in [7, 11) is -2.64. The van der Waals surface area contributed by atoms with Gasteiger partial charge in [0, 0.05) is 40.5 Å². The molecule has 2 heterocycles. The highest BCUT2D eigenvalue weighted by Crippen LogP contribution is 2.50. The first-order valence-corrected chi connectivity index (χ1v) is 23.4. The van der Waals surface area contributed by atoms with Crippen LogP contribution in [0, 0.1) is 11.8 Å². The number of benzene rings is 2. The van der Waals surface area contributed by atoms with Gasteiger partial charge in [-0.15, -0.1) is 0 Å². The van der Waals surface area contributed by atoms with Gasteiger partial charge >= 0.3 is 6.09 Å². The number of fused-ring (bicyclic) bond motifs is 4. The van der Waals surface area contributed by atoms with Gasteiger partial charge in [-0.1, -0.05) is 66.7 Å². The number of aromatic nitrogens is 1. The number of hydrogen-bond acceptors (Lipinski definition) is 11. The van der Waals surface area contributed by atoms with E-state index in [1.54, 1.807) is 18.2 Å². The van der Waals surface area contributed by atoms with Crippen molar-refractivity contribution >= 4 is 73.5 Å². The highest BCUT2D eigenvalue weighted by Gasteiger charge is 2.63. The largest absolute Gasteiger partial charge is 0.494 e. The number of amides is 4. The number of ether oxygens (including phenoxy) is 3. The average molecular weight is 953 g/mol. The van der Waals surface area contributed by atoms with Crippen molar-refractivity contribution in [2.75, 3.05) is 20.3 Å². The van der Waals surface area contributed by atoms with E-state index in [1.807, 2.05) is 35.1 Å². The molecule has 1 aromatic heterocycles. The number of rotatable bonds is 15. The zero-order valence-electron chi connectivity index (χ0n) is 35.3. The Bertz CT molecular complexity index is 2630. The molecule has 0 radical (unpaired) electrons. The number of nitrogens with zero attached hydrogens (tertiary/aromatic N) is 2. The van der Waals surface area contributed by atoms with Crippen molar-refractivity contribution in [2.24, 2.45) is 11.8 Å². The van der Waals surface area contributed by atoms with Crippen LogP contribution in [0.4, 0.5) is 13.6 Å².